The minimum Gasteiger partial charge on any atom is -0.368 e. The van der Waals surface area contributed by atoms with E-state index in [-0.39, 0.29) is 11.1 Å². The van der Waals surface area contributed by atoms with Gasteiger partial charge in [-0.15, -0.1) is 0 Å². The molecule has 76 valence electrons. The number of rotatable bonds is 1. The summed E-state index contributed by atoms with van der Waals surface area (Å²) in [6.07, 6.45) is -4.57. The molecule has 1 nitrogen and oxygen atoms in total. The molecule has 1 aromatic rings. The van der Waals surface area contributed by atoms with E-state index in [4.69, 9.17) is 16.3 Å². The third-order valence-electron chi connectivity index (χ3n) is 1.95. The molecule has 0 amide bonds. The van der Waals surface area contributed by atoms with Gasteiger partial charge >= 0.3 is 6.18 Å². The van der Waals surface area contributed by atoms with E-state index in [1.165, 1.54) is 6.07 Å². The molecule has 1 fully saturated rings. The first kappa shape index (κ1) is 9.80. The van der Waals surface area contributed by atoms with Crippen molar-refractivity contribution < 1.29 is 17.9 Å². The largest absolute Gasteiger partial charge is 0.416 e. The van der Waals surface area contributed by atoms with Gasteiger partial charge in [0.15, 0.2) is 0 Å². The lowest BCUT2D eigenvalue weighted by Crippen LogP contribution is -2.05. The van der Waals surface area contributed by atoms with Gasteiger partial charge in [0.2, 0.25) is 0 Å². The van der Waals surface area contributed by atoms with Gasteiger partial charge in [-0.05, 0) is 23.8 Å². The second kappa shape index (κ2) is 3.14. The van der Waals surface area contributed by atoms with Gasteiger partial charge in [-0.2, -0.15) is 13.2 Å². The fourth-order valence-electron chi connectivity index (χ4n) is 1.20. The topological polar surface area (TPSA) is 12.5 Å². The van der Waals surface area contributed by atoms with E-state index in [9.17, 15) is 13.2 Å². The second-order valence-electron chi connectivity index (χ2n) is 3.09. The number of benzene rings is 1. The molecule has 1 aromatic carbocycles. The Kier molecular flexibility index (Phi) is 2.20. The quantitative estimate of drug-likeness (QED) is 0.664. The van der Waals surface area contributed by atoms with Crippen LogP contribution in [0.5, 0.6) is 0 Å². The van der Waals surface area contributed by atoms with Crippen LogP contribution in [0.25, 0.3) is 0 Å². The molecular weight excluding hydrogens is 217 g/mol. The summed E-state index contributed by atoms with van der Waals surface area (Å²) in [5.41, 5.74) is -0.236. The zero-order valence-electron chi connectivity index (χ0n) is 6.94. The van der Waals surface area contributed by atoms with Crippen LogP contribution in [0, 0.1) is 0 Å². The summed E-state index contributed by atoms with van der Waals surface area (Å²) in [6.45, 7) is 0.470. The van der Waals surface area contributed by atoms with Gasteiger partial charge < -0.3 is 4.74 Å². The summed E-state index contributed by atoms with van der Waals surface area (Å²) in [6, 6.07) is 3.48. The van der Waals surface area contributed by atoms with Crippen LogP contribution < -0.4 is 0 Å². The lowest BCUT2D eigenvalue weighted by Gasteiger charge is -2.08. The molecule has 0 aromatic heterocycles. The molecule has 0 saturated carbocycles. The standard InChI is InChI=1S/C9H6ClF3O/c10-7-2-5(8-4-14-8)1-6(3-7)9(11,12)13/h1-3,8H,4H2. The van der Waals surface area contributed by atoms with E-state index in [0.717, 1.165) is 12.1 Å². The molecule has 1 unspecified atom stereocenters. The maximum atomic E-state index is 12.3. The van der Waals surface area contributed by atoms with Crippen LogP contribution in [-0.2, 0) is 10.9 Å². The lowest BCUT2D eigenvalue weighted by atomic mass is 10.1. The van der Waals surface area contributed by atoms with Crippen molar-refractivity contribution in [2.45, 2.75) is 12.3 Å². The molecule has 0 spiro atoms. The van der Waals surface area contributed by atoms with Gasteiger partial charge in [0.1, 0.15) is 6.10 Å². The molecule has 2 rings (SSSR count). The van der Waals surface area contributed by atoms with Crippen LogP contribution in [0.1, 0.15) is 17.2 Å². The van der Waals surface area contributed by atoms with Crippen LogP contribution in [-0.4, -0.2) is 6.61 Å². The van der Waals surface area contributed by atoms with Gasteiger partial charge in [-0.1, -0.05) is 11.6 Å². The normalized spacial score (nSPS) is 21.0. The number of hydrogen-bond donors (Lipinski definition) is 0. The average molecular weight is 223 g/mol. The van der Waals surface area contributed by atoms with Crippen molar-refractivity contribution in [3.63, 3.8) is 0 Å². The van der Waals surface area contributed by atoms with Gasteiger partial charge in [0, 0.05) is 5.02 Å². The van der Waals surface area contributed by atoms with E-state index in [1.807, 2.05) is 0 Å². The van der Waals surface area contributed by atoms with E-state index < -0.39 is 11.7 Å². The van der Waals surface area contributed by atoms with Gasteiger partial charge in [-0.3, -0.25) is 0 Å². The molecule has 1 saturated heterocycles. The smallest absolute Gasteiger partial charge is 0.368 e. The van der Waals surface area contributed by atoms with Crippen molar-refractivity contribution in [3.05, 3.63) is 34.3 Å². The van der Waals surface area contributed by atoms with Gasteiger partial charge in [-0.25, -0.2) is 0 Å². The summed E-state index contributed by atoms with van der Waals surface area (Å²) in [7, 11) is 0. The van der Waals surface area contributed by atoms with E-state index in [0.29, 0.717) is 12.2 Å². The van der Waals surface area contributed by atoms with E-state index in [2.05, 4.69) is 0 Å². The van der Waals surface area contributed by atoms with Crippen LogP contribution in [0.3, 0.4) is 0 Å². The Morgan fingerprint density at radius 3 is 2.43 bits per heavy atom. The first-order valence-corrected chi connectivity index (χ1v) is 4.34. The highest BCUT2D eigenvalue weighted by molar-refractivity contribution is 6.30. The molecule has 1 aliphatic rings. The van der Waals surface area contributed by atoms with Crippen molar-refractivity contribution in [2.24, 2.45) is 0 Å². The Labute approximate surface area is 83.4 Å². The fraction of sp³-hybridized carbons (Fsp3) is 0.333. The molecule has 1 aliphatic heterocycles. The van der Waals surface area contributed by atoms with Crippen LogP contribution in [0.4, 0.5) is 13.2 Å². The number of halogens is 4. The summed E-state index contributed by atoms with van der Waals surface area (Å²) in [5.74, 6) is 0. The Balaban J connectivity index is 2.41. The van der Waals surface area contributed by atoms with Crippen LogP contribution in [0.15, 0.2) is 18.2 Å². The van der Waals surface area contributed by atoms with Crippen LogP contribution >= 0.6 is 11.6 Å². The highest BCUT2D eigenvalue weighted by Gasteiger charge is 2.33. The minimum atomic E-state index is -4.35. The third kappa shape index (κ3) is 2.01. The van der Waals surface area contributed by atoms with Gasteiger partial charge in [0.25, 0.3) is 0 Å². The highest BCUT2D eigenvalue weighted by atomic mass is 35.5. The number of alkyl halides is 3. The summed E-state index contributed by atoms with van der Waals surface area (Å²) >= 11 is 5.57. The first-order chi connectivity index (χ1) is 6.47. The number of epoxide rings is 1. The maximum absolute atomic E-state index is 12.3. The first-order valence-electron chi connectivity index (χ1n) is 3.96. The molecule has 0 radical (unpaired) electrons. The minimum absolute atomic E-state index is 0.0883. The molecule has 0 bridgehead atoms. The predicted molar refractivity (Wildman–Crippen MR) is 45.1 cm³/mol. The Bertz CT molecular complexity index is 358. The summed E-state index contributed by atoms with van der Waals surface area (Å²) in [4.78, 5) is 0. The molecule has 1 atom stereocenters. The van der Waals surface area contributed by atoms with Crippen LogP contribution in [0.2, 0.25) is 5.02 Å². The Morgan fingerprint density at radius 1 is 1.29 bits per heavy atom. The van der Waals surface area contributed by atoms with E-state index in [1.54, 1.807) is 0 Å². The summed E-state index contributed by atoms with van der Waals surface area (Å²) < 4.78 is 41.9. The zero-order valence-corrected chi connectivity index (χ0v) is 7.69. The Morgan fingerprint density at radius 2 is 1.93 bits per heavy atom. The van der Waals surface area contributed by atoms with Crippen molar-refractivity contribution >= 4 is 11.6 Å². The SMILES string of the molecule is FC(F)(F)c1cc(Cl)cc(C2CO2)c1. The second-order valence-corrected chi connectivity index (χ2v) is 3.53. The van der Waals surface area contributed by atoms with Crippen molar-refractivity contribution in [1.29, 1.82) is 0 Å². The van der Waals surface area contributed by atoms with Crippen molar-refractivity contribution in [2.75, 3.05) is 6.61 Å². The highest BCUT2D eigenvalue weighted by Crippen LogP contribution is 2.37. The number of hydrogen-bond acceptors (Lipinski definition) is 1. The fourth-order valence-corrected chi connectivity index (χ4v) is 1.45. The van der Waals surface area contributed by atoms with Gasteiger partial charge in [0.05, 0.1) is 12.2 Å². The molecule has 0 N–H and O–H groups in total. The average Bonchev–Trinajstić information content (AvgIpc) is 2.83. The summed E-state index contributed by atoms with van der Waals surface area (Å²) in [5, 5.41) is 0.0883. The maximum Gasteiger partial charge on any atom is 0.416 e. The molecule has 0 aliphatic carbocycles. The lowest BCUT2D eigenvalue weighted by molar-refractivity contribution is -0.137. The zero-order chi connectivity index (χ0) is 10.3. The monoisotopic (exact) mass is 222 g/mol. The third-order valence-corrected chi connectivity index (χ3v) is 2.17. The molecule has 14 heavy (non-hydrogen) atoms. The molecule has 1 heterocycles. The van der Waals surface area contributed by atoms with Crippen molar-refractivity contribution in [3.8, 4) is 0 Å². The predicted octanol–water partition coefficient (Wildman–Crippen LogP) is 3.43. The molecular formula is C9H6ClF3O. The number of ether oxygens (including phenoxy) is 1. The van der Waals surface area contributed by atoms with Crippen molar-refractivity contribution in [1.82, 2.24) is 0 Å². The van der Waals surface area contributed by atoms with E-state index >= 15 is 0 Å². The Hall–Kier alpha value is -0.740. The molecule has 5 heteroatoms.